The highest BCUT2D eigenvalue weighted by atomic mass is 16.7. The number of likely N-dealkylation sites (tertiary alicyclic amines) is 1. The zero-order valence-corrected chi connectivity index (χ0v) is 27.6. The number of carbonyl (C=O) groups excluding carboxylic acids is 1. The summed E-state index contributed by atoms with van der Waals surface area (Å²) >= 11 is 0. The van der Waals surface area contributed by atoms with E-state index in [4.69, 9.17) is 18.9 Å². The van der Waals surface area contributed by atoms with Crippen LogP contribution in [-0.4, -0.2) is 74.5 Å². The summed E-state index contributed by atoms with van der Waals surface area (Å²) in [4.78, 5) is 14.6. The summed E-state index contributed by atoms with van der Waals surface area (Å²) in [5, 5.41) is 3.45. The number of rotatable bonds is 5. The first-order chi connectivity index (χ1) is 20.6. The molecule has 0 aromatic heterocycles. The van der Waals surface area contributed by atoms with Crippen molar-refractivity contribution in [1.82, 2.24) is 10.2 Å². The van der Waals surface area contributed by atoms with Crippen LogP contribution in [0.5, 0.6) is 0 Å². The second-order valence-electron chi connectivity index (χ2n) is 17.4. The van der Waals surface area contributed by atoms with E-state index in [0.717, 1.165) is 63.4 Å². The van der Waals surface area contributed by atoms with Crippen LogP contribution in [-0.2, 0) is 18.9 Å². The van der Waals surface area contributed by atoms with E-state index in [2.05, 4.69) is 39.9 Å². The van der Waals surface area contributed by atoms with E-state index < -0.39 is 0 Å². The molecule has 12 atom stereocenters. The molecule has 0 radical (unpaired) electrons. The highest BCUT2D eigenvalue weighted by molar-refractivity contribution is 5.68. The molecule has 1 N–H and O–H groups in total. The zero-order chi connectivity index (χ0) is 29.8. The molecule has 3 aliphatic heterocycles. The van der Waals surface area contributed by atoms with Gasteiger partial charge in [0.25, 0.3) is 0 Å². The quantitative estimate of drug-likeness (QED) is 0.396. The van der Waals surface area contributed by atoms with Gasteiger partial charge in [-0.05, 0) is 122 Å². The van der Waals surface area contributed by atoms with Crippen LogP contribution in [0.4, 0.5) is 4.79 Å². The van der Waals surface area contributed by atoms with E-state index in [1.54, 1.807) is 0 Å². The lowest BCUT2D eigenvalue weighted by atomic mass is 9.46. The van der Waals surface area contributed by atoms with Gasteiger partial charge in [0.05, 0.1) is 24.9 Å². The third-order valence-corrected chi connectivity index (χ3v) is 15.1. The summed E-state index contributed by atoms with van der Waals surface area (Å²) in [6.45, 7) is 16.3. The van der Waals surface area contributed by atoms with Gasteiger partial charge in [-0.3, -0.25) is 0 Å². The van der Waals surface area contributed by atoms with Crippen molar-refractivity contribution in [3.05, 3.63) is 0 Å². The minimum Gasteiger partial charge on any atom is -0.443 e. The van der Waals surface area contributed by atoms with Gasteiger partial charge in [-0.15, -0.1) is 0 Å². The third kappa shape index (κ3) is 4.29. The summed E-state index contributed by atoms with van der Waals surface area (Å²) in [5.74, 6) is 3.30. The average molecular weight is 599 g/mol. The molecule has 0 aromatic rings. The molecular formula is C36H58N2O5. The highest BCUT2D eigenvalue weighted by Gasteiger charge is 2.80. The van der Waals surface area contributed by atoms with Gasteiger partial charge in [0.1, 0.15) is 6.10 Å². The van der Waals surface area contributed by atoms with E-state index in [0.29, 0.717) is 34.4 Å². The van der Waals surface area contributed by atoms with Gasteiger partial charge >= 0.3 is 6.09 Å². The van der Waals surface area contributed by atoms with Crippen LogP contribution in [0.3, 0.4) is 0 Å². The number of carbonyl (C=O) groups is 1. The molecule has 8 unspecified atom stereocenters. The van der Waals surface area contributed by atoms with Crippen LogP contribution < -0.4 is 5.32 Å². The van der Waals surface area contributed by atoms with Crippen molar-refractivity contribution in [2.45, 2.75) is 136 Å². The average Bonchev–Trinajstić information content (AvgIpc) is 3.52. The molecule has 43 heavy (non-hydrogen) atoms. The Kier molecular flexibility index (Phi) is 7.07. The first-order valence-electron chi connectivity index (χ1n) is 18.2. The molecule has 1 amide bonds. The van der Waals surface area contributed by atoms with Gasteiger partial charge < -0.3 is 29.2 Å². The number of hydrogen-bond acceptors (Lipinski definition) is 6. The number of nitrogens with one attached hydrogen (secondary N) is 1. The fourth-order valence-electron chi connectivity index (χ4n) is 12.9. The van der Waals surface area contributed by atoms with E-state index in [1.165, 1.54) is 57.8 Å². The number of nitrogens with zero attached hydrogens (tertiary/aromatic N) is 1. The second-order valence-corrected chi connectivity index (χ2v) is 17.4. The maximum atomic E-state index is 12.8. The van der Waals surface area contributed by atoms with Gasteiger partial charge in [0.15, 0.2) is 6.29 Å². The van der Waals surface area contributed by atoms with Crippen molar-refractivity contribution in [2.75, 3.05) is 32.8 Å². The Labute approximate surface area is 259 Å². The molecule has 8 fully saturated rings. The smallest absolute Gasteiger partial charge is 0.410 e. The van der Waals surface area contributed by atoms with Gasteiger partial charge in [-0.25, -0.2) is 4.79 Å². The summed E-state index contributed by atoms with van der Waals surface area (Å²) in [5.41, 5.74) is 1.65. The Morgan fingerprint density at radius 3 is 2.49 bits per heavy atom. The molecule has 242 valence electrons. The second kappa shape index (κ2) is 10.3. The van der Waals surface area contributed by atoms with Crippen molar-refractivity contribution in [3.8, 4) is 0 Å². The van der Waals surface area contributed by atoms with E-state index in [1.807, 2.05) is 4.90 Å². The number of fused-ring (bicyclic) bond motifs is 4. The maximum absolute atomic E-state index is 12.8. The maximum Gasteiger partial charge on any atom is 0.410 e. The minimum atomic E-state index is -0.146. The summed E-state index contributed by atoms with van der Waals surface area (Å²) in [7, 11) is 0. The number of ether oxygens (including phenoxy) is 4. The fraction of sp³-hybridized carbons (Fsp3) is 0.972. The highest BCUT2D eigenvalue weighted by Crippen LogP contribution is 2.87. The van der Waals surface area contributed by atoms with Crippen LogP contribution >= 0.6 is 0 Å². The Morgan fingerprint density at radius 2 is 1.77 bits per heavy atom. The molecular weight excluding hydrogens is 540 g/mol. The van der Waals surface area contributed by atoms with E-state index in [9.17, 15) is 4.79 Å². The molecule has 3 saturated heterocycles. The van der Waals surface area contributed by atoms with Crippen molar-refractivity contribution in [3.63, 3.8) is 0 Å². The largest absolute Gasteiger partial charge is 0.443 e. The van der Waals surface area contributed by atoms with Crippen molar-refractivity contribution in [1.29, 1.82) is 0 Å². The predicted molar refractivity (Wildman–Crippen MR) is 164 cm³/mol. The Hall–Kier alpha value is -0.890. The normalized spacial score (nSPS) is 50.3. The standard InChI is InChI=1S/C36H58N2O5/c1-22(2)31(43-32(39)38-16-6-17-38)26-9-7-24-27(41-26)19-25-23-8-10-28-33(3,4)29(42-30-20-37-15-18-40-30)11-12-36(28)21-35(23,36)14-13-34(24,25)5/h22-31,37H,6-21H2,1-5H3/t23?,24-,25?,26?,27?,28-,29-,30?,31+,34?,35?,36?/m0/s1. The van der Waals surface area contributed by atoms with Crippen molar-refractivity contribution >= 4 is 6.09 Å². The molecule has 8 rings (SSSR count). The molecule has 5 aliphatic carbocycles. The lowest BCUT2D eigenvalue weighted by Crippen LogP contribution is -2.56. The summed E-state index contributed by atoms with van der Waals surface area (Å²) in [6, 6.07) is 0. The van der Waals surface area contributed by atoms with Crippen LogP contribution in [0.15, 0.2) is 0 Å². The molecule has 7 nitrogen and oxygen atoms in total. The molecule has 3 heterocycles. The SMILES string of the molecule is CC(C)[C@@H](OC(=O)N1CCC1)C1CC[C@H]2C(CC3C4CC[C@H]5C(C)(C)[C@@H](OC6CNCCO6)CCC56CC46CCC32C)O1. The van der Waals surface area contributed by atoms with Crippen molar-refractivity contribution < 1.29 is 23.7 Å². The molecule has 0 aromatic carbocycles. The number of amides is 1. The lowest BCUT2D eigenvalue weighted by molar-refractivity contribution is -0.232. The monoisotopic (exact) mass is 598 g/mol. The fourth-order valence-corrected chi connectivity index (χ4v) is 12.9. The van der Waals surface area contributed by atoms with Crippen LogP contribution in [0.25, 0.3) is 0 Å². The van der Waals surface area contributed by atoms with Gasteiger partial charge in [0.2, 0.25) is 0 Å². The molecule has 5 saturated carbocycles. The molecule has 2 spiro atoms. The first kappa shape index (κ1) is 29.5. The Balaban J connectivity index is 0.973. The van der Waals surface area contributed by atoms with E-state index >= 15 is 0 Å². The summed E-state index contributed by atoms with van der Waals surface area (Å²) in [6.07, 6.45) is 14.4. The topological polar surface area (TPSA) is 69.3 Å². The third-order valence-electron chi connectivity index (χ3n) is 15.1. The molecule has 8 aliphatic rings. The minimum absolute atomic E-state index is 0.0339. The van der Waals surface area contributed by atoms with E-state index in [-0.39, 0.29) is 35.9 Å². The van der Waals surface area contributed by atoms with Gasteiger partial charge in [-0.1, -0.05) is 34.6 Å². The van der Waals surface area contributed by atoms with Gasteiger partial charge in [-0.2, -0.15) is 0 Å². The van der Waals surface area contributed by atoms with Crippen LogP contribution in [0.2, 0.25) is 0 Å². The van der Waals surface area contributed by atoms with Crippen LogP contribution in [0.1, 0.15) is 105 Å². The Bertz CT molecular complexity index is 1090. The summed E-state index contributed by atoms with van der Waals surface area (Å²) < 4.78 is 25.9. The van der Waals surface area contributed by atoms with Crippen molar-refractivity contribution in [2.24, 2.45) is 51.2 Å². The number of morpholine rings is 1. The molecule has 7 heteroatoms. The lowest BCUT2D eigenvalue weighted by Gasteiger charge is -2.60. The molecule has 0 bridgehead atoms. The van der Waals surface area contributed by atoms with Gasteiger partial charge in [0, 0.05) is 26.2 Å². The number of hydrogen-bond donors (Lipinski definition) is 1. The van der Waals surface area contributed by atoms with Crippen LogP contribution in [0, 0.1) is 51.2 Å². The first-order valence-corrected chi connectivity index (χ1v) is 18.2. The zero-order valence-electron chi connectivity index (χ0n) is 27.6. The Morgan fingerprint density at radius 1 is 0.953 bits per heavy atom. The predicted octanol–water partition coefficient (Wildman–Crippen LogP) is 6.39.